The summed E-state index contributed by atoms with van der Waals surface area (Å²) < 4.78 is 2.31. The third-order valence-corrected chi connectivity index (χ3v) is 5.31. The minimum atomic E-state index is 0.549. The molecule has 4 nitrogen and oxygen atoms in total. The highest BCUT2D eigenvalue weighted by Crippen LogP contribution is 2.28. The summed E-state index contributed by atoms with van der Waals surface area (Å²) in [7, 11) is 4.39. The molecule has 2 aromatic rings. The zero-order valence-corrected chi connectivity index (χ0v) is 14.2. The molecule has 1 aromatic heterocycles. The van der Waals surface area contributed by atoms with Gasteiger partial charge < -0.3 is 10.2 Å². The van der Waals surface area contributed by atoms with Crippen LogP contribution in [0, 0.1) is 0 Å². The smallest absolute Gasteiger partial charge is 0.183 e. The monoisotopic (exact) mass is 354 g/mol. The van der Waals surface area contributed by atoms with Crippen molar-refractivity contribution in [3.05, 3.63) is 22.7 Å². The molecular weight excluding hydrogens is 336 g/mol. The van der Waals surface area contributed by atoms with Crippen molar-refractivity contribution < 1.29 is 0 Å². The maximum atomic E-state index is 4.65. The standard InChI is InChI=1S/C14H19BrN4S/c1-18-5-6-19(2)11(9-18)8-16-14-17-12-7-10(15)3-4-13(12)20-14/h3-4,7,11H,5-6,8-9H2,1-2H3,(H,16,17). The summed E-state index contributed by atoms with van der Waals surface area (Å²) in [5.41, 5.74) is 1.06. The average molecular weight is 355 g/mol. The van der Waals surface area contributed by atoms with Crippen LogP contribution in [0.15, 0.2) is 22.7 Å². The molecule has 3 rings (SSSR count). The van der Waals surface area contributed by atoms with E-state index in [0.29, 0.717) is 6.04 Å². The number of benzene rings is 1. The van der Waals surface area contributed by atoms with Gasteiger partial charge in [-0.25, -0.2) is 4.98 Å². The molecule has 0 saturated carbocycles. The molecule has 2 heterocycles. The van der Waals surface area contributed by atoms with Crippen molar-refractivity contribution in [2.45, 2.75) is 6.04 Å². The van der Waals surface area contributed by atoms with Gasteiger partial charge in [-0.2, -0.15) is 0 Å². The number of halogens is 1. The minimum absolute atomic E-state index is 0.549. The van der Waals surface area contributed by atoms with Crippen molar-refractivity contribution in [3.63, 3.8) is 0 Å². The summed E-state index contributed by atoms with van der Waals surface area (Å²) in [4.78, 5) is 9.47. The topological polar surface area (TPSA) is 31.4 Å². The fourth-order valence-electron chi connectivity index (χ4n) is 2.50. The Labute approximate surface area is 131 Å². The van der Waals surface area contributed by atoms with Gasteiger partial charge in [-0.1, -0.05) is 27.3 Å². The maximum Gasteiger partial charge on any atom is 0.183 e. The van der Waals surface area contributed by atoms with Crippen LogP contribution in [0.5, 0.6) is 0 Å². The lowest BCUT2D eigenvalue weighted by molar-refractivity contribution is 0.122. The molecule has 0 radical (unpaired) electrons. The highest BCUT2D eigenvalue weighted by molar-refractivity contribution is 9.10. The number of thiazole rings is 1. The van der Waals surface area contributed by atoms with Crippen molar-refractivity contribution in [1.29, 1.82) is 0 Å². The maximum absolute atomic E-state index is 4.65. The van der Waals surface area contributed by atoms with Gasteiger partial charge >= 0.3 is 0 Å². The molecule has 0 bridgehead atoms. The summed E-state index contributed by atoms with van der Waals surface area (Å²) in [6, 6.07) is 6.79. The minimum Gasteiger partial charge on any atom is -0.360 e. The average Bonchev–Trinajstić information content (AvgIpc) is 2.81. The first-order chi connectivity index (χ1) is 9.61. The number of nitrogens with zero attached hydrogens (tertiary/aromatic N) is 3. The Morgan fingerprint density at radius 1 is 1.40 bits per heavy atom. The molecule has 1 atom stereocenters. The van der Waals surface area contributed by atoms with Crippen molar-refractivity contribution in [1.82, 2.24) is 14.8 Å². The number of piperazine rings is 1. The van der Waals surface area contributed by atoms with Crippen LogP contribution in [0.2, 0.25) is 0 Å². The van der Waals surface area contributed by atoms with E-state index >= 15 is 0 Å². The summed E-state index contributed by atoms with van der Waals surface area (Å²) in [6.07, 6.45) is 0. The molecule has 0 aliphatic carbocycles. The zero-order chi connectivity index (χ0) is 14.1. The third-order valence-electron chi connectivity index (χ3n) is 3.82. The second kappa shape index (κ2) is 5.97. The molecule has 1 aromatic carbocycles. The largest absolute Gasteiger partial charge is 0.360 e. The first kappa shape index (κ1) is 14.3. The van der Waals surface area contributed by atoms with Gasteiger partial charge in [0.15, 0.2) is 5.13 Å². The molecule has 108 valence electrons. The zero-order valence-electron chi connectivity index (χ0n) is 11.8. The molecule has 1 unspecified atom stereocenters. The van der Waals surface area contributed by atoms with Crippen LogP contribution in [0.1, 0.15) is 0 Å². The summed E-state index contributed by atoms with van der Waals surface area (Å²) >= 11 is 5.21. The fraction of sp³-hybridized carbons (Fsp3) is 0.500. The van der Waals surface area contributed by atoms with E-state index in [0.717, 1.165) is 41.3 Å². The fourth-order valence-corrected chi connectivity index (χ4v) is 3.71. The van der Waals surface area contributed by atoms with E-state index in [4.69, 9.17) is 0 Å². The Bertz CT molecular complexity index is 600. The van der Waals surface area contributed by atoms with E-state index in [9.17, 15) is 0 Å². The molecule has 1 saturated heterocycles. The molecule has 20 heavy (non-hydrogen) atoms. The Hall–Kier alpha value is -0.690. The van der Waals surface area contributed by atoms with Crippen LogP contribution in [0.3, 0.4) is 0 Å². The number of hydrogen-bond donors (Lipinski definition) is 1. The number of nitrogens with one attached hydrogen (secondary N) is 1. The summed E-state index contributed by atoms with van der Waals surface area (Å²) in [6.45, 7) is 4.35. The predicted molar refractivity (Wildman–Crippen MR) is 89.7 cm³/mol. The van der Waals surface area contributed by atoms with Crippen molar-refractivity contribution >= 4 is 42.6 Å². The lowest BCUT2D eigenvalue weighted by Crippen LogP contribution is -2.52. The Morgan fingerprint density at radius 2 is 2.25 bits per heavy atom. The molecule has 0 spiro atoms. The van der Waals surface area contributed by atoms with Gasteiger partial charge in [0.05, 0.1) is 10.2 Å². The molecule has 1 fully saturated rings. The SMILES string of the molecule is CN1CCN(C)C(CNc2nc3cc(Br)ccc3s2)C1. The molecular formula is C14H19BrN4S. The number of anilines is 1. The second-order valence-electron chi connectivity index (χ2n) is 5.41. The van der Waals surface area contributed by atoms with Gasteiger partial charge in [-0.15, -0.1) is 0 Å². The van der Waals surface area contributed by atoms with Crippen LogP contribution in [-0.4, -0.2) is 61.1 Å². The number of hydrogen-bond acceptors (Lipinski definition) is 5. The van der Waals surface area contributed by atoms with Crippen LogP contribution < -0.4 is 5.32 Å². The molecule has 1 aliphatic rings. The molecule has 0 amide bonds. The van der Waals surface area contributed by atoms with E-state index < -0.39 is 0 Å². The molecule has 6 heteroatoms. The summed E-state index contributed by atoms with van der Waals surface area (Å²) in [5, 5.41) is 4.51. The first-order valence-electron chi connectivity index (χ1n) is 6.80. The van der Waals surface area contributed by atoms with Gasteiger partial charge in [0.2, 0.25) is 0 Å². The quantitative estimate of drug-likeness (QED) is 0.918. The Balaban J connectivity index is 1.67. The third kappa shape index (κ3) is 3.14. The van der Waals surface area contributed by atoms with Gasteiger partial charge in [0.1, 0.15) is 0 Å². The Kier molecular flexibility index (Phi) is 4.26. The normalized spacial score (nSPS) is 21.4. The highest BCUT2D eigenvalue weighted by atomic mass is 79.9. The van der Waals surface area contributed by atoms with Gasteiger partial charge in [-0.05, 0) is 32.3 Å². The molecule has 1 N–H and O–H groups in total. The molecule has 1 aliphatic heterocycles. The first-order valence-corrected chi connectivity index (χ1v) is 8.41. The van der Waals surface area contributed by atoms with Crippen molar-refractivity contribution in [2.75, 3.05) is 45.6 Å². The number of likely N-dealkylation sites (N-methyl/N-ethyl adjacent to an activating group) is 2. The van der Waals surface area contributed by atoms with Gasteiger partial charge in [0, 0.05) is 36.7 Å². The van der Waals surface area contributed by atoms with E-state index in [1.165, 1.54) is 4.70 Å². The Morgan fingerprint density at radius 3 is 3.10 bits per heavy atom. The van der Waals surface area contributed by atoms with Crippen LogP contribution in [0.4, 0.5) is 5.13 Å². The van der Waals surface area contributed by atoms with Gasteiger partial charge in [-0.3, -0.25) is 4.90 Å². The van der Waals surface area contributed by atoms with Crippen LogP contribution >= 0.6 is 27.3 Å². The number of fused-ring (bicyclic) bond motifs is 1. The number of rotatable bonds is 3. The van der Waals surface area contributed by atoms with Crippen LogP contribution in [-0.2, 0) is 0 Å². The second-order valence-corrected chi connectivity index (χ2v) is 7.35. The van der Waals surface area contributed by atoms with Crippen molar-refractivity contribution in [2.24, 2.45) is 0 Å². The number of aromatic nitrogens is 1. The van der Waals surface area contributed by atoms with E-state index in [1.807, 2.05) is 0 Å². The van der Waals surface area contributed by atoms with Crippen LogP contribution in [0.25, 0.3) is 10.2 Å². The lowest BCUT2D eigenvalue weighted by atomic mass is 10.2. The van der Waals surface area contributed by atoms with Gasteiger partial charge in [0.25, 0.3) is 0 Å². The van der Waals surface area contributed by atoms with E-state index in [2.05, 4.69) is 68.3 Å². The van der Waals surface area contributed by atoms with E-state index in [1.54, 1.807) is 11.3 Å². The predicted octanol–water partition coefficient (Wildman–Crippen LogP) is 2.72. The van der Waals surface area contributed by atoms with E-state index in [-0.39, 0.29) is 0 Å². The highest BCUT2D eigenvalue weighted by Gasteiger charge is 2.22. The lowest BCUT2D eigenvalue weighted by Gasteiger charge is -2.37. The summed E-state index contributed by atoms with van der Waals surface area (Å²) in [5.74, 6) is 0. The van der Waals surface area contributed by atoms with Crippen molar-refractivity contribution in [3.8, 4) is 0 Å².